The molecular formula is C10H20LiN. The first-order valence-electron chi connectivity index (χ1n) is 5.51. The zero-order chi connectivity index (χ0) is 8.97. The van der Waals surface area contributed by atoms with Gasteiger partial charge in [-0.05, 0) is 0 Å². The first-order valence-corrected chi connectivity index (χ1v) is 5.51. The molecule has 0 bridgehead atoms. The predicted octanol–water partition coefficient (Wildman–Crippen LogP) is 2.23. The van der Waals surface area contributed by atoms with Gasteiger partial charge in [-0.3, -0.25) is 0 Å². The first kappa shape index (κ1) is 10.6. The summed E-state index contributed by atoms with van der Waals surface area (Å²) in [5.74, 6) is 0. The van der Waals surface area contributed by atoms with Crippen LogP contribution in [-0.2, 0) is 0 Å². The van der Waals surface area contributed by atoms with E-state index in [2.05, 4.69) is 36.5 Å². The van der Waals surface area contributed by atoms with E-state index in [4.69, 9.17) is 0 Å². The van der Waals surface area contributed by atoms with Gasteiger partial charge < -0.3 is 0 Å². The van der Waals surface area contributed by atoms with E-state index in [9.17, 15) is 0 Å². The fourth-order valence-electron chi connectivity index (χ4n) is 2.26. The molecule has 1 heterocycles. The van der Waals surface area contributed by atoms with Crippen LogP contribution in [0.15, 0.2) is 0 Å². The van der Waals surface area contributed by atoms with Crippen LogP contribution in [-0.4, -0.2) is 41.2 Å². The number of rotatable bonds is 3. The zero-order valence-electron chi connectivity index (χ0n) is 8.84. The van der Waals surface area contributed by atoms with Crippen molar-refractivity contribution in [1.29, 1.82) is 0 Å². The summed E-state index contributed by atoms with van der Waals surface area (Å²) in [6.45, 7) is 6.08. The average Bonchev–Trinajstić information content (AvgIpc) is 2.04. The van der Waals surface area contributed by atoms with Gasteiger partial charge in [0, 0.05) is 0 Å². The van der Waals surface area contributed by atoms with Crippen molar-refractivity contribution in [1.82, 2.24) is 4.90 Å². The van der Waals surface area contributed by atoms with Gasteiger partial charge in [0.15, 0.2) is 0 Å². The summed E-state index contributed by atoms with van der Waals surface area (Å²) in [6, 6.07) is 1.67. The van der Waals surface area contributed by atoms with Gasteiger partial charge in [0.1, 0.15) is 0 Å². The van der Waals surface area contributed by atoms with Crippen LogP contribution in [0.2, 0.25) is 5.09 Å². The molecule has 0 aliphatic carbocycles. The maximum atomic E-state index is 2.69. The Morgan fingerprint density at radius 3 is 2.33 bits per heavy atom. The summed E-state index contributed by atoms with van der Waals surface area (Å²) in [5, 5.41) is 1.33. The van der Waals surface area contributed by atoms with Gasteiger partial charge in [-0.2, -0.15) is 0 Å². The summed E-state index contributed by atoms with van der Waals surface area (Å²) in [7, 11) is 0. The van der Waals surface area contributed by atoms with Crippen LogP contribution in [0.4, 0.5) is 0 Å². The van der Waals surface area contributed by atoms with E-state index < -0.39 is 0 Å². The number of likely N-dealkylation sites (tertiary alicyclic amines) is 1. The molecule has 0 unspecified atom stereocenters. The third-order valence-corrected chi connectivity index (χ3v) is 3.15. The fraction of sp³-hybridized carbons (Fsp3) is 1.00. The molecule has 1 fully saturated rings. The Hall–Kier alpha value is 0.557. The van der Waals surface area contributed by atoms with Crippen molar-refractivity contribution >= 4 is 17.7 Å². The van der Waals surface area contributed by atoms with Crippen LogP contribution < -0.4 is 0 Å². The van der Waals surface area contributed by atoms with Crippen LogP contribution in [0, 0.1) is 0 Å². The second-order valence-corrected chi connectivity index (χ2v) is 4.22. The maximum absolute atomic E-state index is 2.69. The normalized spacial score (nSPS) is 32.3. The molecule has 1 aliphatic heterocycles. The van der Waals surface area contributed by atoms with E-state index in [-0.39, 0.29) is 0 Å². The summed E-state index contributed by atoms with van der Waals surface area (Å²) >= 11 is 2.28. The molecule has 1 nitrogen and oxygen atoms in total. The molecule has 0 aromatic carbocycles. The topological polar surface area (TPSA) is 3.24 Å². The van der Waals surface area contributed by atoms with Gasteiger partial charge in [0.2, 0.25) is 0 Å². The van der Waals surface area contributed by atoms with E-state index in [0.29, 0.717) is 0 Å². The van der Waals surface area contributed by atoms with Crippen molar-refractivity contribution < 1.29 is 0 Å². The minimum absolute atomic E-state index is 0.834. The standard InChI is InChI=1S/C10H20N.Li/c1-4-8-11-9(2)6-5-7-10(11)3;/h9-10H,1,4-8H2,2-3H3;/t9-,10+;. The van der Waals surface area contributed by atoms with Gasteiger partial charge in [-0.1, -0.05) is 0 Å². The molecule has 1 aliphatic rings. The average molecular weight is 161 g/mol. The Labute approximate surface area is 86.1 Å². The molecule has 0 aromatic heterocycles. The van der Waals surface area contributed by atoms with E-state index in [1.54, 1.807) is 0 Å². The number of nitrogens with zero attached hydrogens (tertiary/aromatic N) is 1. The Morgan fingerprint density at radius 1 is 1.25 bits per heavy atom. The van der Waals surface area contributed by atoms with Crippen LogP contribution in [0.5, 0.6) is 0 Å². The van der Waals surface area contributed by atoms with E-state index in [0.717, 1.165) is 12.1 Å². The summed E-state index contributed by atoms with van der Waals surface area (Å²) in [6.07, 6.45) is 5.63. The molecule has 0 amide bonds. The second kappa shape index (κ2) is 5.32. The third-order valence-electron chi connectivity index (χ3n) is 3.15. The number of piperidine rings is 1. The third kappa shape index (κ3) is 2.80. The number of hydrogen-bond acceptors (Lipinski definition) is 1. The summed E-state index contributed by atoms with van der Waals surface area (Å²) < 4.78 is 0. The number of hydrogen-bond donors (Lipinski definition) is 0. The Kier molecular flexibility index (Phi) is 4.72. The Bertz CT molecular complexity index is 117. The van der Waals surface area contributed by atoms with Gasteiger partial charge in [0.05, 0.1) is 0 Å². The van der Waals surface area contributed by atoms with Crippen molar-refractivity contribution in [2.75, 3.05) is 6.54 Å². The first-order chi connectivity index (χ1) is 5.75. The van der Waals surface area contributed by atoms with Crippen LogP contribution in [0.25, 0.3) is 0 Å². The molecule has 12 heavy (non-hydrogen) atoms. The fourth-order valence-corrected chi connectivity index (χ4v) is 2.26. The summed E-state index contributed by atoms with van der Waals surface area (Å²) in [4.78, 5) is 2.69. The van der Waals surface area contributed by atoms with Crippen LogP contribution in [0.3, 0.4) is 0 Å². The van der Waals surface area contributed by atoms with Gasteiger partial charge >= 0.3 is 85.9 Å². The van der Waals surface area contributed by atoms with E-state index in [1.165, 1.54) is 37.3 Å². The SMILES string of the molecule is [Li][CH2]CCN1[C@H](C)CCC[C@@H]1C. The second-order valence-electron chi connectivity index (χ2n) is 4.22. The molecule has 1 saturated heterocycles. The molecule has 2 atom stereocenters. The predicted molar refractivity (Wildman–Crippen MR) is 54.7 cm³/mol. The molecule has 66 valence electrons. The van der Waals surface area contributed by atoms with Crippen LogP contribution >= 0.6 is 0 Å². The van der Waals surface area contributed by atoms with Gasteiger partial charge in [-0.25, -0.2) is 0 Å². The van der Waals surface area contributed by atoms with E-state index >= 15 is 0 Å². The Balaban J connectivity index is 2.34. The van der Waals surface area contributed by atoms with Crippen molar-refractivity contribution in [3.63, 3.8) is 0 Å². The van der Waals surface area contributed by atoms with Gasteiger partial charge in [0.25, 0.3) is 0 Å². The molecular weight excluding hydrogens is 141 g/mol. The molecule has 0 N–H and O–H groups in total. The monoisotopic (exact) mass is 161 g/mol. The molecule has 0 spiro atoms. The summed E-state index contributed by atoms with van der Waals surface area (Å²) in [5.41, 5.74) is 0. The van der Waals surface area contributed by atoms with Crippen molar-refractivity contribution in [2.24, 2.45) is 0 Å². The molecule has 0 saturated carbocycles. The minimum atomic E-state index is 0.834. The molecule has 1 rings (SSSR count). The van der Waals surface area contributed by atoms with Crippen LogP contribution in [0.1, 0.15) is 39.5 Å². The molecule has 2 heteroatoms. The van der Waals surface area contributed by atoms with Crippen molar-refractivity contribution in [3.05, 3.63) is 0 Å². The van der Waals surface area contributed by atoms with Gasteiger partial charge in [-0.15, -0.1) is 0 Å². The zero-order valence-corrected chi connectivity index (χ0v) is 8.84. The Morgan fingerprint density at radius 2 is 1.83 bits per heavy atom. The van der Waals surface area contributed by atoms with Crippen molar-refractivity contribution in [2.45, 2.75) is 56.7 Å². The quantitative estimate of drug-likeness (QED) is 0.574. The van der Waals surface area contributed by atoms with E-state index in [1.807, 2.05) is 0 Å². The molecule has 0 radical (unpaired) electrons. The molecule has 0 aromatic rings. The van der Waals surface area contributed by atoms with Crippen molar-refractivity contribution in [3.8, 4) is 0 Å².